The van der Waals surface area contributed by atoms with Crippen molar-refractivity contribution in [1.82, 2.24) is 4.90 Å². The smallest absolute Gasteiger partial charge is 0.293 e. The molecule has 0 spiro atoms. The number of halogens is 1. The van der Waals surface area contributed by atoms with Gasteiger partial charge in [-0.2, -0.15) is 0 Å². The van der Waals surface area contributed by atoms with Crippen molar-refractivity contribution >= 4 is 17.1 Å². The fourth-order valence-corrected chi connectivity index (χ4v) is 2.11. The molecule has 0 amide bonds. The SMILES string of the molecule is CN1CCN(c2cc(F)c(N=[N+]=[N-])cc2[N+](=O)[O-])CC1. The van der Waals surface area contributed by atoms with Crippen molar-refractivity contribution in [2.75, 3.05) is 38.1 Å². The van der Waals surface area contributed by atoms with Crippen LogP contribution in [-0.4, -0.2) is 43.0 Å². The summed E-state index contributed by atoms with van der Waals surface area (Å²) in [6, 6.07) is 2.04. The van der Waals surface area contributed by atoms with E-state index in [1.165, 1.54) is 0 Å². The number of nitro benzene ring substituents is 1. The Hall–Kier alpha value is -2.38. The van der Waals surface area contributed by atoms with Crippen LogP contribution in [0.15, 0.2) is 17.2 Å². The molecule has 20 heavy (non-hydrogen) atoms. The Bertz CT molecular complexity index is 579. The molecule has 0 aliphatic carbocycles. The molecule has 8 nitrogen and oxygen atoms in total. The van der Waals surface area contributed by atoms with Gasteiger partial charge in [-0.1, -0.05) is 5.11 Å². The zero-order valence-corrected chi connectivity index (χ0v) is 10.9. The van der Waals surface area contributed by atoms with Crippen molar-refractivity contribution in [3.63, 3.8) is 0 Å². The van der Waals surface area contributed by atoms with Gasteiger partial charge in [0.1, 0.15) is 11.5 Å². The fourth-order valence-electron chi connectivity index (χ4n) is 2.11. The highest BCUT2D eigenvalue weighted by Crippen LogP contribution is 2.35. The van der Waals surface area contributed by atoms with Crippen LogP contribution in [-0.2, 0) is 0 Å². The van der Waals surface area contributed by atoms with Gasteiger partial charge in [0.25, 0.3) is 5.69 Å². The van der Waals surface area contributed by atoms with Gasteiger partial charge >= 0.3 is 0 Å². The van der Waals surface area contributed by atoms with Crippen LogP contribution in [0.3, 0.4) is 0 Å². The minimum atomic E-state index is -0.762. The standard InChI is InChI=1S/C11H13FN6O2/c1-16-2-4-17(5-3-16)10-6-8(12)9(14-15-13)7-11(10)18(19)20/h6-7H,2-5H2,1H3. The van der Waals surface area contributed by atoms with Crippen LogP contribution in [0.4, 0.5) is 21.5 Å². The minimum absolute atomic E-state index is 0.220. The maximum Gasteiger partial charge on any atom is 0.293 e. The summed E-state index contributed by atoms with van der Waals surface area (Å²) >= 11 is 0. The summed E-state index contributed by atoms with van der Waals surface area (Å²) in [6.45, 7) is 2.66. The van der Waals surface area contributed by atoms with Gasteiger partial charge in [0.05, 0.1) is 10.6 Å². The lowest BCUT2D eigenvalue weighted by molar-refractivity contribution is -0.384. The summed E-state index contributed by atoms with van der Waals surface area (Å²) in [4.78, 5) is 16.8. The Morgan fingerprint density at radius 1 is 1.40 bits per heavy atom. The molecule has 0 N–H and O–H groups in total. The molecule has 1 fully saturated rings. The Morgan fingerprint density at radius 3 is 2.60 bits per heavy atom. The molecule has 106 valence electrons. The van der Waals surface area contributed by atoms with E-state index in [4.69, 9.17) is 5.53 Å². The first-order valence-corrected chi connectivity index (χ1v) is 5.99. The lowest BCUT2D eigenvalue weighted by atomic mass is 10.2. The van der Waals surface area contributed by atoms with Gasteiger partial charge in [0, 0.05) is 43.2 Å². The highest BCUT2D eigenvalue weighted by atomic mass is 19.1. The Kier molecular flexibility index (Phi) is 4.02. The predicted octanol–water partition coefficient (Wildman–Crippen LogP) is 2.43. The second-order valence-corrected chi connectivity index (χ2v) is 4.53. The van der Waals surface area contributed by atoms with Crippen molar-refractivity contribution in [2.45, 2.75) is 0 Å². The maximum absolute atomic E-state index is 13.8. The third-order valence-corrected chi connectivity index (χ3v) is 3.24. The average Bonchev–Trinajstić information content (AvgIpc) is 2.41. The van der Waals surface area contributed by atoms with Crippen molar-refractivity contribution in [3.8, 4) is 0 Å². The van der Waals surface area contributed by atoms with Gasteiger partial charge in [0.15, 0.2) is 0 Å². The number of benzene rings is 1. The van der Waals surface area contributed by atoms with E-state index in [0.29, 0.717) is 13.1 Å². The van der Waals surface area contributed by atoms with Crippen LogP contribution < -0.4 is 4.90 Å². The lowest BCUT2D eigenvalue weighted by Gasteiger charge is -2.33. The summed E-state index contributed by atoms with van der Waals surface area (Å²) in [5.41, 5.74) is 7.93. The quantitative estimate of drug-likeness (QED) is 0.279. The molecule has 9 heteroatoms. The summed E-state index contributed by atoms with van der Waals surface area (Å²) in [6.07, 6.45) is 0. The molecule has 2 rings (SSSR count). The summed E-state index contributed by atoms with van der Waals surface area (Å²) in [5.74, 6) is -0.762. The molecule has 0 saturated carbocycles. The van der Waals surface area contributed by atoms with Crippen molar-refractivity contribution in [3.05, 3.63) is 38.5 Å². The molecule has 1 aromatic carbocycles. The summed E-state index contributed by atoms with van der Waals surface area (Å²) in [7, 11) is 1.96. The van der Waals surface area contributed by atoms with Crippen molar-refractivity contribution < 1.29 is 9.31 Å². The molecule has 0 aromatic heterocycles. The third kappa shape index (κ3) is 2.79. The Morgan fingerprint density at radius 2 is 2.05 bits per heavy atom. The number of piperazine rings is 1. The molecule has 1 aromatic rings. The number of anilines is 1. The largest absolute Gasteiger partial charge is 0.363 e. The van der Waals surface area contributed by atoms with E-state index in [1.807, 2.05) is 7.05 Å². The second-order valence-electron chi connectivity index (χ2n) is 4.53. The van der Waals surface area contributed by atoms with Crippen molar-refractivity contribution in [2.24, 2.45) is 5.11 Å². The van der Waals surface area contributed by atoms with E-state index in [9.17, 15) is 14.5 Å². The zero-order chi connectivity index (χ0) is 14.7. The first-order chi connectivity index (χ1) is 9.52. The Balaban J connectivity index is 2.43. The highest BCUT2D eigenvalue weighted by Gasteiger charge is 2.24. The van der Waals surface area contributed by atoms with Crippen LogP contribution >= 0.6 is 0 Å². The van der Waals surface area contributed by atoms with E-state index in [2.05, 4.69) is 14.9 Å². The normalized spacial score (nSPS) is 15.8. The van der Waals surface area contributed by atoms with E-state index >= 15 is 0 Å². The molecule has 1 heterocycles. The number of rotatable bonds is 3. The number of nitrogens with zero attached hydrogens (tertiary/aromatic N) is 6. The molecule has 1 aliphatic heterocycles. The van der Waals surface area contributed by atoms with Gasteiger partial charge in [-0.15, -0.1) is 0 Å². The minimum Gasteiger partial charge on any atom is -0.363 e. The van der Waals surface area contributed by atoms with Gasteiger partial charge in [-0.25, -0.2) is 4.39 Å². The Labute approximate surface area is 114 Å². The number of nitro groups is 1. The van der Waals surface area contributed by atoms with Gasteiger partial charge < -0.3 is 9.80 Å². The van der Waals surface area contributed by atoms with E-state index < -0.39 is 10.7 Å². The number of hydrogen-bond acceptors (Lipinski definition) is 5. The summed E-state index contributed by atoms with van der Waals surface area (Å²) < 4.78 is 13.8. The van der Waals surface area contributed by atoms with Crippen LogP contribution in [0.1, 0.15) is 0 Å². The number of azide groups is 1. The average molecular weight is 280 g/mol. The van der Waals surface area contributed by atoms with Gasteiger partial charge in [0.2, 0.25) is 0 Å². The van der Waals surface area contributed by atoms with Crippen LogP contribution in [0.25, 0.3) is 10.4 Å². The molecule has 0 atom stereocenters. The van der Waals surface area contributed by atoms with Crippen LogP contribution in [0, 0.1) is 15.9 Å². The van der Waals surface area contributed by atoms with Gasteiger partial charge in [-0.3, -0.25) is 10.1 Å². The first-order valence-electron chi connectivity index (χ1n) is 5.99. The lowest BCUT2D eigenvalue weighted by Crippen LogP contribution is -2.44. The summed E-state index contributed by atoms with van der Waals surface area (Å²) in [5, 5.41) is 14.2. The van der Waals surface area contributed by atoms with Gasteiger partial charge in [-0.05, 0) is 12.6 Å². The fraction of sp³-hybridized carbons (Fsp3) is 0.455. The topological polar surface area (TPSA) is 98.4 Å². The van der Waals surface area contributed by atoms with Crippen LogP contribution in [0.2, 0.25) is 0 Å². The molecule has 1 saturated heterocycles. The van der Waals surface area contributed by atoms with Crippen LogP contribution in [0.5, 0.6) is 0 Å². The molecular formula is C11H13FN6O2. The molecule has 1 aliphatic rings. The van der Waals surface area contributed by atoms with E-state index in [-0.39, 0.29) is 17.1 Å². The monoisotopic (exact) mass is 280 g/mol. The first kappa shape index (κ1) is 14.0. The van der Waals surface area contributed by atoms with E-state index in [1.54, 1.807) is 4.90 Å². The second kappa shape index (κ2) is 5.72. The highest BCUT2D eigenvalue weighted by molar-refractivity contribution is 5.68. The third-order valence-electron chi connectivity index (χ3n) is 3.24. The number of likely N-dealkylation sites (N-methyl/N-ethyl adjacent to an activating group) is 1. The van der Waals surface area contributed by atoms with E-state index in [0.717, 1.165) is 25.2 Å². The predicted molar refractivity (Wildman–Crippen MR) is 71.6 cm³/mol. The molecule has 0 unspecified atom stereocenters. The van der Waals surface area contributed by atoms with Crippen molar-refractivity contribution in [1.29, 1.82) is 0 Å². The maximum atomic E-state index is 13.8. The molecular weight excluding hydrogens is 267 g/mol. The molecule has 0 radical (unpaired) electrons. The molecule has 0 bridgehead atoms. The number of hydrogen-bond donors (Lipinski definition) is 0. The zero-order valence-electron chi connectivity index (χ0n) is 10.9.